The fourth-order valence-corrected chi connectivity index (χ4v) is 1.88. The first kappa shape index (κ1) is 78.4. The van der Waals surface area contributed by atoms with Crippen molar-refractivity contribution < 1.29 is 87.6 Å². The minimum absolute atomic E-state index is 0. The second-order valence-corrected chi connectivity index (χ2v) is 6.15. The number of pyridine rings is 6. The molecule has 0 saturated heterocycles. The van der Waals surface area contributed by atoms with Crippen LogP contribution in [0.1, 0.15) is 0 Å². The number of rotatable bonds is 0. The molecule has 6 rings (SSSR count). The van der Waals surface area contributed by atoms with Crippen LogP contribution in [0.15, 0.2) is 184 Å². The minimum Gasteiger partial charge on any atom is -0.265 e. The SMILES string of the molecule is [C-]#[O+].[C-]#[O+].[C-]#[O+].[C-]#[O+].[C-]#[O+].[C-]#[O+].[C-]#[O+].[C-]#[O+].[Co].[Co].[Co].c1ccncc1.c1ccncc1.c1ccncc1.c1ccncc1.c1ccncc1.c1ccncc1. The summed E-state index contributed by atoms with van der Waals surface area (Å²) in [7, 11) is 0. The van der Waals surface area contributed by atoms with Crippen LogP contribution >= 0.6 is 0 Å². The summed E-state index contributed by atoms with van der Waals surface area (Å²) in [5.74, 6) is 0. The van der Waals surface area contributed by atoms with Crippen LogP contribution in [0, 0.1) is 53.2 Å². The van der Waals surface area contributed by atoms with Gasteiger partial charge in [-0.1, -0.05) is 36.4 Å². The molecule has 6 aromatic rings. The van der Waals surface area contributed by atoms with Crippen molar-refractivity contribution in [3.8, 4) is 0 Å². The quantitative estimate of drug-likeness (QED) is 0.127. The van der Waals surface area contributed by atoms with Crippen molar-refractivity contribution in [3.63, 3.8) is 0 Å². The Morgan fingerprint density at radius 1 is 0.164 bits per heavy atom. The van der Waals surface area contributed by atoms with E-state index >= 15 is 0 Å². The van der Waals surface area contributed by atoms with Crippen molar-refractivity contribution in [1.29, 1.82) is 0 Å². The Kier molecular flexibility index (Phi) is 168. The first-order valence-electron chi connectivity index (χ1n) is 12.7. The second-order valence-electron chi connectivity index (χ2n) is 6.15. The van der Waals surface area contributed by atoms with E-state index in [1.165, 1.54) is 0 Å². The van der Waals surface area contributed by atoms with E-state index in [0.29, 0.717) is 0 Å². The molecule has 17 heteroatoms. The molecule has 55 heavy (non-hydrogen) atoms. The van der Waals surface area contributed by atoms with Crippen LogP contribution in [0.2, 0.25) is 0 Å². The number of hydrogen-bond acceptors (Lipinski definition) is 6. The largest absolute Gasteiger partial charge is 0.265 e. The van der Waals surface area contributed by atoms with Gasteiger partial charge >= 0.3 is 90.4 Å². The van der Waals surface area contributed by atoms with E-state index in [0.717, 1.165) is 0 Å². The predicted molar refractivity (Wildman–Crippen MR) is 177 cm³/mol. The molecule has 0 bridgehead atoms. The van der Waals surface area contributed by atoms with Gasteiger partial charge in [-0.05, 0) is 72.8 Å². The average molecular weight is 875 g/mol. The molecule has 0 atom stereocenters. The molecule has 6 heterocycles. The summed E-state index contributed by atoms with van der Waals surface area (Å²) in [6, 6.07) is 34.3. The predicted octanol–water partition coefficient (Wildman–Crippen LogP) is 6.18. The van der Waals surface area contributed by atoms with E-state index in [-0.39, 0.29) is 50.3 Å². The fraction of sp³-hybridized carbons (Fsp3) is 0. The smallest absolute Gasteiger partial charge is 0.0267 e. The van der Waals surface area contributed by atoms with E-state index in [1.54, 1.807) is 74.4 Å². The maximum Gasteiger partial charge on any atom is 0.0267 e. The Bertz CT molecular complexity index is 1030. The van der Waals surface area contributed by atoms with Crippen molar-refractivity contribution in [1.82, 2.24) is 29.9 Å². The number of aromatic nitrogens is 6. The molecule has 0 aliphatic carbocycles. The van der Waals surface area contributed by atoms with Gasteiger partial charge in [-0.2, -0.15) is 0 Å². The third-order valence-electron chi connectivity index (χ3n) is 3.40. The fourth-order valence-electron chi connectivity index (χ4n) is 1.88. The number of hydrogen-bond donors (Lipinski definition) is 0. The minimum atomic E-state index is 0. The van der Waals surface area contributed by atoms with Crippen molar-refractivity contribution in [3.05, 3.63) is 237 Å². The van der Waals surface area contributed by atoms with Crippen molar-refractivity contribution in [2.75, 3.05) is 0 Å². The maximum atomic E-state index is 7.50. The van der Waals surface area contributed by atoms with Crippen LogP contribution in [0.5, 0.6) is 0 Å². The molecule has 14 nitrogen and oxygen atoms in total. The van der Waals surface area contributed by atoms with Gasteiger partial charge in [0.05, 0.1) is 0 Å². The normalized spacial score (nSPS) is 5.53. The molecular formula is C38H30Co3N6O8. The zero-order valence-electron chi connectivity index (χ0n) is 28.3. The Morgan fingerprint density at radius 2 is 0.236 bits per heavy atom. The Labute approximate surface area is 352 Å². The molecule has 0 amide bonds. The molecule has 0 saturated carbocycles. The van der Waals surface area contributed by atoms with Gasteiger partial charge in [-0.15, -0.1) is 0 Å². The molecule has 6 aromatic heterocycles. The van der Waals surface area contributed by atoms with Gasteiger partial charge in [0, 0.05) is 125 Å². The van der Waals surface area contributed by atoms with Crippen molar-refractivity contribution >= 4 is 0 Å². The van der Waals surface area contributed by atoms with Crippen LogP contribution in [0.3, 0.4) is 0 Å². The summed E-state index contributed by atoms with van der Waals surface area (Å²) in [4.78, 5) is 22.7. The van der Waals surface area contributed by atoms with E-state index in [2.05, 4.69) is 83.1 Å². The standard InChI is InChI=1S/6C5H5N.8CO.3Co/c6*1-2-4-6-5-3-1;8*1-2;;;/h6*1-5H;;;;;;;;;;;. The molecule has 0 spiro atoms. The van der Waals surface area contributed by atoms with Crippen LogP contribution < -0.4 is 0 Å². The van der Waals surface area contributed by atoms with Gasteiger partial charge < -0.3 is 0 Å². The zero-order chi connectivity index (χ0) is 41.5. The Hall–Kier alpha value is -5.66. The van der Waals surface area contributed by atoms with Gasteiger partial charge in [0.15, 0.2) is 0 Å². The molecule has 0 fully saturated rings. The van der Waals surface area contributed by atoms with E-state index < -0.39 is 0 Å². The third kappa shape index (κ3) is 113. The van der Waals surface area contributed by atoms with Gasteiger partial charge in [0.25, 0.3) is 0 Å². The molecule has 287 valence electrons. The van der Waals surface area contributed by atoms with Crippen molar-refractivity contribution in [2.45, 2.75) is 0 Å². The van der Waals surface area contributed by atoms with Gasteiger partial charge in [-0.3, -0.25) is 29.9 Å². The monoisotopic (exact) mass is 875 g/mol. The first-order valence-corrected chi connectivity index (χ1v) is 12.7. The maximum absolute atomic E-state index is 7.50. The average Bonchev–Trinajstić information content (AvgIpc) is 3.33. The van der Waals surface area contributed by atoms with Gasteiger partial charge in [-0.25, -0.2) is 0 Å². The van der Waals surface area contributed by atoms with E-state index in [1.807, 2.05) is 109 Å². The Balaban J connectivity index is -0.0000000433. The summed E-state index contributed by atoms with van der Waals surface area (Å²) < 4.78 is 60.0. The summed E-state index contributed by atoms with van der Waals surface area (Å²) in [5.41, 5.74) is 0. The van der Waals surface area contributed by atoms with E-state index in [4.69, 9.17) is 37.2 Å². The van der Waals surface area contributed by atoms with Crippen LogP contribution in [-0.2, 0) is 87.6 Å². The summed E-state index contributed by atoms with van der Waals surface area (Å²) >= 11 is 0. The van der Waals surface area contributed by atoms with Crippen LogP contribution in [0.4, 0.5) is 0 Å². The second kappa shape index (κ2) is 118. The molecule has 0 aliphatic heterocycles. The topological polar surface area (TPSA) is 237 Å². The van der Waals surface area contributed by atoms with Gasteiger partial charge in [0.1, 0.15) is 0 Å². The number of nitrogens with zero attached hydrogens (tertiary/aromatic N) is 6. The molecule has 0 aromatic carbocycles. The molecule has 0 unspecified atom stereocenters. The molecule has 0 N–H and O–H groups in total. The molecular weight excluding hydrogens is 845 g/mol. The molecule has 3 radical (unpaired) electrons. The summed E-state index contributed by atoms with van der Waals surface area (Å²) in [6.45, 7) is 36.0. The first-order chi connectivity index (χ1) is 26.0. The van der Waals surface area contributed by atoms with Crippen LogP contribution in [-0.4, -0.2) is 29.9 Å². The summed E-state index contributed by atoms with van der Waals surface area (Å²) in [5, 5.41) is 0. The third-order valence-corrected chi connectivity index (χ3v) is 3.40. The summed E-state index contributed by atoms with van der Waals surface area (Å²) in [6.07, 6.45) is 21.0. The van der Waals surface area contributed by atoms with Crippen LogP contribution in [0.25, 0.3) is 0 Å². The van der Waals surface area contributed by atoms with Crippen molar-refractivity contribution in [2.24, 2.45) is 0 Å². The van der Waals surface area contributed by atoms with E-state index in [9.17, 15) is 0 Å². The zero-order valence-corrected chi connectivity index (χ0v) is 31.4. The Morgan fingerprint density at radius 3 is 0.255 bits per heavy atom. The van der Waals surface area contributed by atoms with Gasteiger partial charge in [0.2, 0.25) is 0 Å². The molecule has 0 aliphatic rings.